The maximum Gasteiger partial charge on any atom is 0.406 e. The van der Waals surface area contributed by atoms with Crippen molar-refractivity contribution in [3.05, 3.63) is 29.8 Å². The number of rotatable bonds is 5. The number of nitrogens with zero attached hydrogens (tertiary/aromatic N) is 1. The molecule has 0 fully saturated rings. The van der Waals surface area contributed by atoms with E-state index >= 15 is 0 Å². The van der Waals surface area contributed by atoms with Gasteiger partial charge in [0, 0.05) is 18.8 Å². The fourth-order valence-corrected chi connectivity index (χ4v) is 1.72. The largest absolute Gasteiger partial charge is 0.406 e. The standard InChI is InChI=1S/C13H18F3N3O/c1-2-6-19(9-13(14,15)16)12(20)18-11-5-3-4-10(7-11)8-17/h3-5,7H,2,6,8-9,17H2,1H3,(H,18,20). The summed E-state index contributed by atoms with van der Waals surface area (Å²) < 4.78 is 37.2. The molecule has 1 aromatic carbocycles. The van der Waals surface area contributed by atoms with Crippen molar-refractivity contribution < 1.29 is 18.0 Å². The van der Waals surface area contributed by atoms with Crippen LogP contribution in [0.5, 0.6) is 0 Å². The van der Waals surface area contributed by atoms with Crippen LogP contribution in [-0.4, -0.2) is 30.2 Å². The number of carbonyl (C=O) groups excluding carboxylic acids is 1. The number of carbonyl (C=O) groups is 1. The summed E-state index contributed by atoms with van der Waals surface area (Å²) in [5, 5.41) is 2.46. The molecule has 7 heteroatoms. The van der Waals surface area contributed by atoms with E-state index in [1.54, 1.807) is 31.2 Å². The Morgan fingerprint density at radius 3 is 2.65 bits per heavy atom. The average molecular weight is 289 g/mol. The Labute approximate surface area is 115 Å². The van der Waals surface area contributed by atoms with E-state index in [0.717, 1.165) is 10.5 Å². The van der Waals surface area contributed by atoms with E-state index in [1.807, 2.05) is 0 Å². The van der Waals surface area contributed by atoms with Gasteiger partial charge in [0.2, 0.25) is 0 Å². The summed E-state index contributed by atoms with van der Waals surface area (Å²) in [6.07, 6.45) is -3.96. The lowest BCUT2D eigenvalue weighted by Gasteiger charge is -2.23. The van der Waals surface area contributed by atoms with Crippen LogP contribution < -0.4 is 11.1 Å². The van der Waals surface area contributed by atoms with Gasteiger partial charge in [-0.05, 0) is 24.1 Å². The molecule has 4 nitrogen and oxygen atoms in total. The number of alkyl halides is 3. The Bertz CT molecular complexity index is 449. The third-order valence-electron chi connectivity index (χ3n) is 2.56. The first-order valence-corrected chi connectivity index (χ1v) is 6.27. The molecule has 0 spiro atoms. The minimum Gasteiger partial charge on any atom is -0.326 e. The molecule has 20 heavy (non-hydrogen) atoms. The van der Waals surface area contributed by atoms with E-state index in [-0.39, 0.29) is 6.54 Å². The third kappa shape index (κ3) is 5.48. The second-order valence-corrected chi connectivity index (χ2v) is 4.37. The van der Waals surface area contributed by atoms with Crippen molar-refractivity contribution >= 4 is 11.7 Å². The summed E-state index contributed by atoms with van der Waals surface area (Å²) in [5.74, 6) is 0. The number of hydrogen-bond acceptors (Lipinski definition) is 2. The Morgan fingerprint density at radius 1 is 1.40 bits per heavy atom. The van der Waals surface area contributed by atoms with E-state index < -0.39 is 18.8 Å². The van der Waals surface area contributed by atoms with Crippen molar-refractivity contribution in [2.24, 2.45) is 5.73 Å². The normalized spacial score (nSPS) is 11.2. The lowest BCUT2D eigenvalue weighted by Crippen LogP contribution is -2.41. The first-order valence-electron chi connectivity index (χ1n) is 6.27. The fourth-order valence-electron chi connectivity index (χ4n) is 1.72. The number of hydrogen-bond donors (Lipinski definition) is 2. The van der Waals surface area contributed by atoms with E-state index in [1.165, 1.54) is 0 Å². The molecular weight excluding hydrogens is 271 g/mol. The number of nitrogens with two attached hydrogens (primary N) is 1. The van der Waals surface area contributed by atoms with Crippen LogP contribution in [0.4, 0.5) is 23.7 Å². The van der Waals surface area contributed by atoms with Gasteiger partial charge in [-0.2, -0.15) is 13.2 Å². The molecule has 0 bridgehead atoms. The van der Waals surface area contributed by atoms with Crippen molar-refractivity contribution in [2.45, 2.75) is 26.1 Å². The molecule has 0 heterocycles. The van der Waals surface area contributed by atoms with Gasteiger partial charge in [0.1, 0.15) is 6.54 Å². The first-order chi connectivity index (χ1) is 9.35. The molecule has 0 saturated heterocycles. The highest BCUT2D eigenvalue weighted by Crippen LogP contribution is 2.18. The van der Waals surface area contributed by atoms with Crippen LogP contribution in [0, 0.1) is 0 Å². The zero-order valence-electron chi connectivity index (χ0n) is 11.2. The first kappa shape index (κ1) is 16.3. The quantitative estimate of drug-likeness (QED) is 0.875. The monoisotopic (exact) mass is 289 g/mol. The number of benzene rings is 1. The Balaban J connectivity index is 2.74. The topological polar surface area (TPSA) is 58.4 Å². The van der Waals surface area contributed by atoms with Gasteiger partial charge >= 0.3 is 12.2 Å². The highest BCUT2D eigenvalue weighted by Gasteiger charge is 2.32. The zero-order chi connectivity index (χ0) is 15.2. The highest BCUT2D eigenvalue weighted by atomic mass is 19.4. The van der Waals surface area contributed by atoms with Crippen molar-refractivity contribution in [2.75, 3.05) is 18.4 Å². The molecule has 0 radical (unpaired) electrons. The molecule has 2 amide bonds. The van der Waals surface area contributed by atoms with Crippen LogP contribution in [0.15, 0.2) is 24.3 Å². The van der Waals surface area contributed by atoms with Crippen molar-refractivity contribution in [3.63, 3.8) is 0 Å². The molecule has 0 unspecified atom stereocenters. The predicted octanol–water partition coefficient (Wildman–Crippen LogP) is 2.95. The average Bonchev–Trinajstić information content (AvgIpc) is 2.37. The molecule has 0 atom stereocenters. The van der Waals surface area contributed by atoms with Crippen molar-refractivity contribution in [1.29, 1.82) is 0 Å². The van der Waals surface area contributed by atoms with E-state index in [0.29, 0.717) is 18.7 Å². The number of nitrogens with one attached hydrogen (secondary N) is 1. The molecule has 1 rings (SSSR count). The molecule has 0 aromatic heterocycles. The maximum atomic E-state index is 12.4. The Kier molecular flexibility index (Phi) is 5.82. The van der Waals surface area contributed by atoms with E-state index in [9.17, 15) is 18.0 Å². The second-order valence-electron chi connectivity index (χ2n) is 4.37. The summed E-state index contributed by atoms with van der Waals surface area (Å²) >= 11 is 0. The fraction of sp³-hybridized carbons (Fsp3) is 0.462. The van der Waals surface area contributed by atoms with Gasteiger partial charge in [-0.1, -0.05) is 19.1 Å². The van der Waals surface area contributed by atoms with Gasteiger partial charge in [0.05, 0.1) is 0 Å². The number of amides is 2. The summed E-state index contributed by atoms with van der Waals surface area (Å²) in [6, 6.07) is 5.93. The molecular formula is C13H18F3N3O. The minimum absolute atomic E-state index is 0.0436. The van der Waals surface area contributed by atoms with Gasteiger partial charge in [-0.15, -0.1) is 0 Å². The van der Waals surface area contributed by atoms with Gasteiger partial charge < -0.3 is 16.0 Å². The lowest BCUT2D eigenvalue weighted by atomic mass is 10.2. The second kappa shape index (κ2) is 7.14. The molecule has 0 aliphatic heterocycles. The van der Waals surface area contributed by atoms with Crippen molar-refractivity contribution in [3.8, 4) is 0 Å². The summed E-state index contributed by atoms with van der Waals surface area (Å²) in [6.45, 7) is 0.793. The summed E-state index contributed by atoms with van der Waals surface area (Å²) in [5.41, 5.74) is 6.69. The molecule has 112 valence electrons. The van der Waals surface area contributed by atoms with Crippen LogP contribution in [0.3, 0.4) is 0 Å². The number of halogens is 3. The number of urea groups is 1. The van der Waals surface area contributed by atoms with Crippen LogP contribution in [0.25, 0.3) is 0 Å². The molecule has 0 aliphatic carbocycles. The zero-order valence-corrected chi connectivity index (χ0v) is 11.2. The molecule has 3 N–H and O–H groups in total. The van der Waals surface area contributed by atoms with Crippen LogP contribution in [0.2, 0.25) is 0 Å². The SMILES string of the molecule is CCCN(CC(F)(F)F)C(=O)Nc1cccc(CN)c1. The summed E-state index contributed by atoms with van der Waals surface area (Å²) in [7, 11) is 0. The third-order valence-corrected chi connectivity index (χ3v) is 2.56. The Morgan fingerprint density at radius 2 is 2.10 bits per heavy atom. The lowest BCUT2D eigenvalue weighted by molar-refractivity contribution is -0.139. The molecule has 0 aliphatic rings. The smallest absolute Gasteiger partial charge is 0.326 e. The predicted molar refractivity (Wildman–Crippen MR) is 71.3 cm³/mol. The van der Waals surface area contributed by atoms with Gasteiger partial charge in [0.15, 0.2) is 0 Å². The van der Waals surface area contributed by atoms with Crippen molar-refractivity contribution in [1.82, 2.24) is 4.90 Å². The van der Waals surface area contributed by atoms with Crippen LogP contribution in [0.1, 0.15) is 18.9 Å². The van der Waals surface area contributed by atoms with Crippen LogP contribution in [-0.2, 0) is 6.54 Å². The number of anilines is 1. The van der Waals surface area contributed by atoms with Gasteiger partial charge in [-0.25, -0.2) is 4.79 Å². The molecule has 1 aromatic rings. The maximum absolute atomic E-state index is 12.4. The molecule has 0 saturated carbocycles. The van der Waals surface area contributed by atoms with Gasteiger partial charge in [0.25, 0.3) is 0 Å². The Hall–Kier alpha value is -1.76. The van der Waals surface area contributed by atoms with E-state index in [4.69, 9.17) is 5.73 Å². The van der Waals surface area contributed by atoms with Crippen LogP contribution >= 0.6 is 0 Å². The summed E-state index contributed by atoms with van der Waals surface area (Å²) in [4.78, 5) is 12.6. The van der Waals surface area contributed by atoms with E-state index in [2.05, 4.69) is 5.32 Å². The van der Waals surface area contributed by atoms with Gasteiger partial charge in [-0.3, -0.25) is 0 Å². The minimum atomic E-state index is -4.41. The highest BCUT2D eigenvalue weighted by molar-refractivity contribution is 5.89.